The normalized spacial score (nSPS) is 14.4. The van der Waals surface area contributed by atoms with Gasteiger partial charge in [0.05, 0.1) is 29.4 Å². The second-order valence-corrected chi connectivity index (χ2v) is 12.9. The molecule has 0 radical (unpaired) electrons. The summed E-state index contributed by atoms with van der Waals surface area (Å²) in [5.41, 5.74) is -0.306. The molecule has 1 fully saturated rings. The predicted molar refractivity (Wildman–Crippen MR) is 177 cm³/mol. The van der Waals surface area contributed by atoms with Crippen LogP contribution in [0.1, 0.15) is 51.3 Å². The van der Waals surface area contributed by atoms with Crippen molar-refractivity contribution < 1.29 is 37.0 Å². The molecule has 0 aliphatic carbocycles. The molecule has 4 aromatic rings. The van der Waals surface area contributed by atoms with Gasteiger partial charge < -0.3 is 19.7 Å². The number of para-hydroxylation sites is 1. The molecule has 1 heterocycles. The maximum absolute atomic E-state index is 13.7. The van der Waals surface area contributed by atoms with E-state index in [4.69, 9.17) is 14.7 Å². The number of hydrogen-bond acceptors (Lipinski definition) is 7. The first-order valence-electron chi connectivity index (χ1n) is 15.2. The molecule has 1 aliphatic heterocycles. The van der Waals surface area contributed by atoms with E-state index in [1.165, 1.54) is 24.8 Å². The van der Waals surface area contributed by atoms with E-state index in [-0.39, 0.29) is 12.2 Å². The SMILES string of the molecule is CC(C)(C)OC(=O)Oc1ccc(-c2ccc(Nc3ccccc3CN3C(=O)N(c4ccc(C#N)c(C(F)(F)F)c4)C(=O)C3(C)C)cc2)cc1. The summed E-state index contributed by atoms with van der Waals surface area (Å²) in [7, 11) is 0. The summed E-state index contributed by atoms with van der Waals surface area (Å²) in [6, 6.07) is 25.2. The molecule has 9 nitrogen and oxygen atoms in total. The van der Waals surface area contributed by atoms with Crippen molar-refractivity contribution in [2.24, 2.45) is 0 Å². The van der Waals surface area contributed by atoms with Crippen molar-refractivity contribution >= 4 is 35.2 Å². The fourth-order valence-corrected chi connectivity index (χ4v) is 5.27. The topological polar surface area (TPSA) is 112 Å². The van der Waals surface area contributed by atoms with Gasteiger partial charge in [-0.3, -0.25) is 4.79 Å². The number of ether oxygens (including phenoxy) is 2. The molecule has 4 aromatic carbocycles. The van der Waals surface area contributed by atoms with Crippen LogP contribution in [0.15, 0.2) is 91.0 Å². The van der Waals surface area contributed by atoms with Crippen LogP contribution in [0.4, 0.5) is 39.8 Å². The highest BCUT2D eigenvalue weighted by Crippen LogP contribution is 2.39. The third kappa shape index (κ3) is 7.51. The van der Waals surface area contributed by atoms with Crippen molar-refractivity contribution in [3.05, 3.63) is 108 Å². The fourth-order valence-electron chi connectivity index (χ4n) is 5.27. The summed E-state index contributed by atoms with van der Waals surface area (Å²) in [4.78, 5) is 41.1. The number of carbonyl (C=O) groups excluding carboxylic acids is 3. The summed E-state index contributed by atoms with van der Waals surface area (Å²) in [6.45, 7) is 8.30. The van der Waals surface area contributed by atoms with E-state index in [0.29, 0.717) is 23.1 Å². The van der Waals surface area contributed by atoms with Gasteiger partial charge in [-0.25, -0.2) is 14.5 Å². The smallest absolute Gasteiger partial charge is 0.428 e. The molecule has 3 amide bonds. The van der Waals surface area contributed by atoms with Crippen molar-refractivity contribution in [3.63, 3.8) is 0 Å². The molecule has 252 valence electrons. The van der Waals surface area contributed by atoms with Gasteiger partial charge in [0.15, 0.2) is 0 Å². The highest BCUT2D eigenvalue weighted by Gasteiger charge is 2.52. The third-order valence-electron chi connectivity index (χ3n) is 7.80. The van der Waals surface area contributed by atoms with Crippen LogP contribution in [0.3, 0.4) is 0 Å². The minimum atomic E-state index is -4.85. The average Bonchev–Trinajstić information content (AvgIpc) is 3.19. The zero-order chi connectivity index (χ0) is 35.7. The molecule has 0 unspecified atom stereocenters. The lowest BCUT2D eigenvalue weighted by atomic mass is 10.0. The summed E-state index contributed by atoms with van der Waals surface area (Å²) >= 11 is 0. The molecule has 1 aliphatic rings. The van der Waals surface area contributed by atoms with E-state index in [1.54, 1.807) is 45.0 Å². The third-order valence-corrected chi connectivity index (χ3v) is 7.80. The van der Waals surface area contributed by atoms with Crippen LogP contribution in [0.25, 0.3) is 11.1 Å². The van der Waals surface area contributed by atoms with Gasteiger partial charge in [0, 0.05) is 11.4 Å². The predicted octanol–water partition coefficient (Wildman–Crippen LogP) is 9.05. The van der Waals surface area contributed by atoms with E-state index < -0.39 is 46.5 Å². The molecule has 5 rings (SSSR count). The number of urea groups is 1. The van der Waals surface area contributed by atoms with Gasteiger partial charge in [-0.05, 0) is 99.8 Å². The Kier molecular flexibility index (Phi) is 9.15. The molecule has 0 bridgehead atoms. The maximum atomic E-state index is 13.7. The van der Waals surface area contributed by atoms with Gasteiger partial charge in [-0.1, -0.05) is 42.5 Å². The van der Waals surface area contributed by atoms with E-state index in [9.17, 15) is 27.6 Å². The molecular formula is C37H33F3N4O5. The lowest BCUT2D eigenvalue weighted by Crippen LogP contribution is -2.43. The fraction of sp³-hybridized carbons (Fsp3) is 0.243. The molecule has 1 N–H and O–H groups in total. The average molecular weight is 671 g/mol. The zero-order valence-corrected chi connectivity index (χ0v) is 27.4. The monoisotopic (exact) mass is 670 g/mol. The number of benzene rings is 4. The van der Waals surface area contributed by atoms with Crippen molar-refractivity contribution in [2.75, 3.05) is 10.2 Å². The number of nitrogens with one attached hydrogen (secondary N) is 1. The zero-order valence-electron chi connectivity index (χ0n) is 27.4. The lowest BCUT2D eigenvalue weighted by molar-refractivity contribution is -0.137. The van der Waals surface area contributed by atoms with E-state index in [0.717, 1.165) is 33.8 Å². The second-order valence-electron chi connectivity index (χ2n) is 12.9. The first-order valence-corrected chi connectivity index (χ1v) is 15.2. The van der Waals surface area contributed by atoms with Gasteiger partial charge in [0.25, 0.3) is 5.91 Å². The van der Waals surface area contributed by atoms with Gasteiger partial charge in [0.2, 0.25) is 0 Å². The standard InChI is InChI=1S/C37H33F3N4O5/c1-35(2,3)49-34(47)48-29-18-13-24(14-19-29)23-10-15-27(16-11-23)42-31-9-7-6-8-26(31)22-43-33(46)44(32(45)36(43,4)5)28-17-12-25(21-41)30(20-28)37(38,39)40/h6-20,42H,22H2,1-5H3. The second kappa shape index (κ2) is 13.0. The number of hydrogen-bond donors (Lipinski definition) is 1. The number of nitriles is 1. The van der Waals surface area contributed by atoms with Crippen LogP contribution >= 0.6 is 0 Å². The van der Waals surface area contributed by atoms with Gasteiger partial charge in [-0.2, -0.15) is 18.4 Å². The molecule has 0 spiro atoms. The number of rotatable bonds is 7. The van der Waals surface area contributed by atoms with E-state index >= 15 is 0 Å². The highest BCUT2D eigenvalue weighted by molar-refractivity contribution is 6.23. The van der Waals surface area contributed by atoms with Crippen molar-refractivity contribution in [3.8, 4) is 22.9 Å². The Bertz CT molecular complexity index is 1940. The number of nitrogens with zero attached hydrogens (tertiary/aromatic N) is 3. The van der Waals surface area contributed by atoms with Crippen LogP contribution < -0.4 is 15.0 Å². The number of carbonyl (C=O) groups is 3. The molecule has 0 saturated carbocycles. The molecular weight excluding hydrogens is 637 g/mol. The summed E-state index contributed by atoms with van der Waals surface area (Å²) in [6.07, 6.45) is -5.64. The number of alkyl halides is 3. The van der Waals surface area contributed by atoms with Gasteiger partial charge in [-0.15, -0.1) is 0 Å². The summed E-state index contributed by atoms with van der Waals surface area (Å²) in [5.74, 6) is -0.346. The minimum Gasteiger partial charge on any atom is -0.428 e. The van der Waals surface area contributed by atoms with Crippen LogP contribution in [-0.2, 0) is 22.3 Å². The van der Waals surface area contributed by atoms with Gasteiger partial charge >= 0.3 is 18.4 Å². The first kappa shape index (κ1) is 34.5. The first-order chi connectivity index (χ1) is 23.0. The number of imide groups is 1. The Morgan fingerprint density at radius 3 is 2.10 bits per heavy atom. The van der Waals surface area contributed by atoms with Crippen molar-refractivity contribution in [1.29, 1.82) is 5.26 Å². The Morgan fingerprint density at radius 2 is 1.51 bits per heavy atom. The summed E-state index contributed by atoms with van der Waals surface area (Å²) in [5, 5.41) is 12.5. The molecule has 12 heteroatoms. The maximum Gasteiger partial charge on any atom is 0.514 e. The summed E-state index contributed by atoms with van der Waals surface area (Å²) < 4.78 is 51.4. The Hall–Kier alpha value is -5.83. The Morgan fingerprint density at radius 1 is 0.898 bits per heavy atom. The van der Waals surface area contributed by atoms with Crippen LogP contribution in [0, 0.1) is 11.3 Å². The Balaban J connectivity index is 1.32. The number of halogens is 3. The molecule has 0 atom stereocenters. The number of anilines is 3. The van der Waals surface area contributed by atoms with Crippen molar-refractivity contribution in [2.45, 2.75) is 58.5 Å². The molecule has 0 aromatic heterocycles. The quantitative estimate of drug-likeness (QED) is 0.119. The van der Waals surface area contributed by atoms with E-state index in [1.807, 2.05) is 48.5 Å². The lowest BCUT2D eigenvalue weighted by Gasteiger charge is -2.28. The molecule has 49 heavy (non-hydrogen) atoms. The highest BCUT2D eigenvalue weighted by atomic mass is 19.4. The minimum absolute atomic E-state index is 0.0184. The van der Waals surface area contributed by atoms with Crippen LogP contribution in [0.2, 0.25) is 0 Å². The van der Waals surface area contributed by atoms with Crippen LogP contribution in [0.5, 0.6) is 5.75 Å². The Labute approximate surface area is 281 Å². The molecule has 1 saturated heterocycles. The van der Waals surface area contributed by atoms with Gasteiger partial charge in [0.1, 0.15) is 16.9 Å². The van der Waals surface area contributed by atoms with Crippen LogP contribution in [-0.4, -0.2) is 34.1 Å². The largest absolute Gasteiger partial charge is 0.514 e. The number of amides is 3. The van der Waals surface area contributed by atoms with Crippen molar-refractivity contribution in [1.82, 2.24) is 4.90 Å². The van der Waals surface area contributed by atoms with E-state index in [2.05, 4.69) is 5.32 Å².